The summed E-state index contributed by atoms with van der Waals surface area (Å²) in [7, 11) is 0. The van der Waals surface area contributed by atoms with E-state index in [0.717, 1.165) is 47.3 Å². The maximum absolute atomic E-state index is 4.02. The summed E-state index contributed by atoms with van der Waals surface area (Å²) in [6.07, 6.45) is 25.3. The zero-order valence-corrected chi connectivity index (χ0v) is 17.5. The van der Waals surface area contributed by atoms with E-state index in [4.69, 9.17) is 0 Å². The molecule has 4 fully saturated rings. The molecule has 2 atom stereocenters. The predicted molar refractivity (Wildman–Crippen MR) is 113 cm³/mol. The second-order valence-corrected chi connectivity index (χ2v) is 10.9. The topological polar surface area (TPSA) is 0 Å². The smallest absolute Gasteiger partial charge is 0.0236 e. The summed E-state index contributed by atoms with van der Waals surface area (Å²) in [5.41, 5.74) is 0. The summed E-state index contributed by atoms with van der Waals surface area (Å²) in [4.78, 5) is 0. The van der Waals surface area contributed by atoms with Gasteiger partial charge in [0.2, 0.25) is 0 Å². The van der Waals surface area contributed by atoms with Crippen molar-refractivity contribution in [2.45, 2.75) is 103 Å². The average molecular weight is 357 g/mol. The second-order valence-electron chi connectivity index (χ2n) is 10.9. The maximum atomic E-state index is 4.02. The van der Waals surface area contributed by atoms with Gasteiger partial charge in [0.25, 0.3) is 0 Å². The van der Waals surface area contributed by atoms with Gasteiger partial charge in [-0.15, -0.1) is 6.58 Å². The van der Waals surface area contributed by atoms with Gasteiger partial charge in [-0.05, 0) is 124 Å². The Hall–Kier alpha value is -0.260. The highest BCUT2D eigenvalue weighted by molar-refractivity contribution is 4.89. The third-order valence-electron chi connectivity index (χ3n) is 9.41. The van der Waals surface area contributed by atoms with Gasteiger partial charge in [0.15, 0.2) is 0 Å². The van der Waals surface area contributed by atoms with Gasteiger partial charge >= 0.3 is 0 Å². The van der Waals surface area contributed by atoms with E-state index in [-0.39, 0.29) is 0 Å². The van der Waals surface area contributed by atoms with Gasteiger partial charge in [0.05, 0.1) is 0 Å². The van der Waals surface area contributed by atoms with Crippen LogP contribution in [0.5, 0.6) is 0 Å². The maximum Gasteiger partial charge on any atom is -0.0236 e. The molecule has 0 heteroatoms. The molecular formula is C26H44. The molecule has 0 nitrogen and oxygen atoms in total. The highest BCUT2D eigenvalue weighted by Gasteiger charge is 2.36. The Morgan fingerprint density at radius 2 is 1.08 bits per heavy atom. The van der Waals surface area contributed by atoms with E-state index in [9.17, 15) is 0 Å². The molecule has 148 valence electrons. The lowest BCUT2D eigenvalue weighted by molar-refractivity contribution is 0.107. The van der Waals surface area contributed by atoms with E-state index in [0.29, 0.717) is 0 Å². The fourth-order valence-corrected chi connectivity index (χ4v) is 7.14. The second kappa shape index (κ2) is 8.83. The van der Waals surface area contributed by atoms with E-state index < -0.39 is 0 Å². The molecule has 0 amide bonds. The van der Waals surface area contributed by atoms with Crippen LogP contribution >= 0.6 is 0 Å². The van der Waals surface area contributed by atoms with Crippen molar-refractivity contribution < 1.29 is 0 Å². The lowest BCUT2D eigenvalue weighted by Gasteiger charge is -2.41. The first-order valence-corrected chi connectivity index (χ1v) is 12.4. The monoisotopic (exact) mass is 356 g/mol. The van der Waals surface area contributed by atoms with E-state index in [1.54, 1.807) is 64.2 Å². The fraction of sp³-hybridized carbons (Fsp3) is 0.923. The average Bonchev–Trinajstić information content (AvgIpc) is 3.42. The summed E-state index contributed by atoms with van der Waals surface area (Å²) < 4.78 is 0. The van der Waals surface area contributed by atoms with Crippen molar-refractivity contribution in [1.82, 2.24) is 0 Å². The van der Waals surface area contributed by atoms with Crippen molar-refractivity contribution in [2.24, 2.45) is 47.3 Å². The summed E-state index contributed by atoms with van der Waals surface area (Å²) in [5, 5.41) is 0. The first kappa shape index (κ1) is 19.1. The van der Waals surface area contributed by atoms with Crippen molar-refractivity contribution in [3.8, 4) is 0 Å². The minimum Gasteiger partial charge on any atom is -0.103 e. The first-order valence-electron chi connectivity index (χ1n) is 12.4. The van der Waals surface area contributed by atoms with Crippen LogP contribution < -0.4 is 0 Å². The third kappa shape index (κ3) is 4.77. The summed E-state index contributed by atoms with van der Waals surface area (Å²) in [5.74, 6) is 8.44. The summed E-state index contributed by atoms with van der Waals surface area (Å²) >= 11 is 0. The Labute approximate surface area is 163 Å². The van der Waals surface area contributed by atoms with Crippen LogP contribution in [0.3, 0.4) is 0 Å². The van der Waals surface area contributed by atoms with E-state index >= 15 is 0 Å². The largest absolute Gasteiger partial charge is 0.103 e. The molecule has 0 spiro atoms. The molecule has 0 aliphatic heterocycles. The molecule has 26 heavy (non-hydrogen) atoms. The lowest BCUT2D eigenvalue weighted by Crippen LogP contribution is -2.29. The molecule has 4 aliphatic rings. The molecule has 4 saturated carbocycles. The molecule has 0 bridgehead atoms. The Morgan fingerprint density at radius 3 is 1.50 bits per heavy atom. The lowest BCUT2D eigenvalue weighted by atomic mass is 9.65. The van der Waals surface area contributed by atoms with Crippen molar-refractivity contribution in [3.05, 3.63) is 12.7 Å². The van der Waals surface area contributed by atoms with Crippen LogP contribution in [0.4, 0.5) is 0 Å². The Bertz CT molecular complexity index is 427. The standard InChI is InChI=1S/C26H44/c1-3-20-4-9-22(10-5-20)24-14-16-25(17-15-24)23-11-6-21(7-12-23)8-13-26-18-19(26)2/h3,19-26H,1,4-18H2,2H3. The number of allylic oxidation sites excluding steroid dienone is 1. The van der Waals surface area contributed by atoms with E-state index in [1.807, 2.05) is 0 Å². The summed E-state index contributed by atoms with van der Waals surface area (Å²) in [6.45, 7) is 6.46. The number of hydrogen-bond donors (Lipinski definition) is 0. The zero-order valence-electron chi connectivity index (χ0n) is 17.5. The van der Waals surface area contributed by atoms with Gasteiger partial charge in [-0.25, -0.2) is 0 Å². The van der Waals surface area contributed by atoms with Gasteiger partial charge in [-0.2, -0.15) is 0 Å². The van der Waals surface area contributed by atoms with Crippen LogP contribution in [-0.2, 0) is 0 Å². The van der Waals surface area contributed by atoms with Crippen LogP contribution in [0.25, 0.3) is 0 Å². The molecule has 0 radical (unpaired) electrons. The van der Waals surface area contributed by atoms with Crippen LogP contribution in [0.15, 0.2) is 12.7 Å². The number of hydrogen-bond acceptors (Lipinski definition) is 0. The highest BCUT2D eigenvalue weighted by Crippen LogP contribution is 2.47. The molecule has 4 rings (SSSR count). The molecule has 0 saturated heterocycles. The van der Waals surface area contributed by atoms with Gasteiger partial charge < -0.3 is 0 Å². The molecule has 0 aromatic carbocycles. The van der Waals surface area contributed by atoms with Crippen molar-refractivity contribution in [3.63, 3.8) is 0 Å². The van der Waals surface area contributed by atoms with Crippen molar-refractivity contribution in [1.29, 1.82) is 0 Å². The molecule has 0 N–H and O–H groups in total. The summed E-state index contributed by atoms with van der Waals surface area (Å²) in [6, 6.07) is 0. The third-order valence-corrected chi connectivity index (χ3v) is 9.41. The van der Waals surface area contributed by atoms with Gasteiger partial charge in [-0.3, -0.25) is 0 Å². The minimum absolute atomic E-state index is 0.834. The Morgan fingerprint density at radius 1 is 0.654 bits per heavy atom. The van der Waals surface area contributed by atoms with Gasteiger partial charge in [0.1, 0.15) is 0 Å². The normalized spacial score (nSPS) is 46.7. The first-order chi connectivity index (χ1) is 12.7. The van der Waals surface area contributed by atoms with Crippen molar-refractivity contribution in [2.75, 3.05) is 0 Å². The Kier molecular flexibility index (Phi) is 6.48. The van der Waals surface area contributed by atoms with Crippen LogP contribution in [0.1, 0.15) is 103 Å². The highest BCUT2D eigenvalue weighted by atomic mass is 14.4. The minimum atomic E-state index is 0.834. The van der Waals surface area contributed by atoms with Crippen molar-refractivity contribution >= 4 is 0 Å². The Balaban J connectivity index is 1.13. The molecule has 4 aliphatic carbocycles. The fourth-order valence-electron chi connectivity index (χ4n) is 7.14. The number of rotatable bonds is 6. The van der Waals surface area contributed by atoms with Gasteiger partial charge in [0, 0.05) is 0 Å². The predicted octanol–water partition coefficient (Wildman–Crippen LogP) is 8.03. The SMILES string of the molecule is C=CC1CCC(C2CCC(C3CCC(CCC4CC4C)CC3)CC2)CC1. The van der Waals surface area contributed by atoms with E-state index in [2.05, 4.69) is 19.6 Å². The van der Waals surface area contributed by atoms with Gasteiger partial charge in [-0.1, -0.05) is 32.3 Å². The molecule has 2 unspecified atom stereocenters. The zero-order chi connectivity index (χ0) is 17.9. The molecule has 0 aromatic heterocycles. The van der Waals surface area contributed by atoms with Crippen LogP contribution in [0.2, 0.25) is 0 Å². The van der Waals surface area contributed by atoms with Crippen LogP contribution in [0, 0.1) is 47.3 Å². The van der Waals surface area contributed by atoms with Crippen LogP contribution in [-0.4, -0.2) is 0 Å². The molecule has 0 aromatic rings. The molecular weight excluding hydrogens is 312 g/mol. The van der Waals surface area contributed by atoms with E-state index in [1.165, 1.54) is 32.1 Å². The quantitative estimate of drug-likeness (QED) is 0.422. The molecule has 0 heterocycles.